The zero-order valence-corrected chi connectivity index (χ0v) is 19.3. The predicted octanol–water partition coefficient (Wildman–Crippen LogP) is 4.26. The number of nitrogens with zero attached hydrogens (tertiary/aromatic N) is 4. The number of guanidine groups is 1. The first-order chi connectivity index (χ1) is 14.0. The smallest absolute Gasteiger partial charge is 0.357 e. The predicted molar refractivity (Wildman–Crippen MR) is 123 cm³/mol. The summed E-state index contributed by atoms with van der Waals surface area (Å²) < 4.78 is 39.8. The molecule has 0 aliphatic rings. The van der Waals surface area contributed by atoms with Crippen molar-refractivity contribution in [3.63, 3.8) is 0 Å². The standard InChI is InChI=1S/C19H21F3N6S.HI/c1-2-24-18(25-8-7-17-27-16(12-29-17)19(20,21)22)26-11-14-5-3-4-6-15(14)28-10-9-23-13-28;/h3-6,9-10,12-13H,2,7-8,11H2,1H3,(H2,24,25,26);1H. The van der Waals surface area contributed by atoms with E-state index in [9.17, 15) is 13.2 Å². The van der Waals surface area contributed by atoms with Gasteiger partial charge in [0.2, 0.25) is 0 Å². The van der Waals surface area contributed by atoms with Crippen LogP contribution >= 0.6 is 35.3 Å². The van der Waals surface area contributed by atoms with Crippen molar-refractivity contribution in [2.45, 2.75) is 26.1 Å². The second-order valence-corrected chi connectivity index (χ2v) is 7.04. The minimum absolute atomic E-state index is 0. The summed E-state index contributed by atoms with van der Waals surface area (Å²) in [6, 6.07) is 7.89. The molecule has 0 unspecified atom stereocenters. The number of nitrogens with one attached hydrogen (secondary N) is 2. The molecule has 0 saturated heterocycles. The molecule has 30 heavy (non-hydrogen) atoms. The summed E-state index contributed by atoms with van der Waals surface area (Å²) >= 11 is 1.01. The molecule has 162 valence electrons. The fourth-order valence-corrected chi connectivity index (χ4v) is 3.45. The monoisotopic (exact) mass is 550 g/mol. The van der Waals surface area contributed by atoms with Gasteiger partial charge in [0, 0.05) is 37.3 Å². The molecule has 2 N–H and O–H groups in total. The summed E-state index contributed by atoms with van der Waals surface area (Å²) in [5.74, 6) is 0.598. The molecule has 0 fully saturated rings. The van der Waals surface area contributed by atoms with Crippen LogP contribution in [0.2, 0.25) is 0 Å². The Kier molecular flexibility index (Phi) is 9.08. The zero-order valence-electron chi connectivity index (χ0n) is 16.2. The summed E-state index contributed by atoms with van der Waals surface area (Å²) in [7, 11) is 0. The van der Waals surface area contributed by atoms with Crippen LogP contribution in [-0.4, -0.2) is 33.6 Å². The van der Waals surface area contributed by atoms with Crippen molar-refractivity contribution in [1.29, 1.82) is 0 Å². The maximum Gasteiger partial charge on any atom is 0.434 e. The van der Waals surface area contributed by atoms with E-state index in [1.54, 1.807) is 12.5 Å². The van der Waals surface area contributed by atoms with Crippen LogP contribution in [0.4, 0.5) is 13.2 Å². The largest absolute Gasteiger partial charge is 0.434 e. The highest BCUT2D eigenvalue weighted by atomic mass is 127. The number of hydrogen-bond acceptors (Lipinski definition) is 4. The molecule has 2 heterocycles. The molecule has 0 spiro atoms. The molecular weight excluding hydrogens is 528 g/mol. The average Bonchev–Trinajstić information content (AvgIpc) is 3.38. The lowest BCUT2D eigenvalue weighted by molar-refractivity contribution is -0.140. The number of aliphatic imine (C=N–C) groups is 1. The van der Waals surface area contributed by atoms with Crippen LogP contribution in [0, 0.1) is 0 Å². The highest BCUT2D eigenvalue weighted by Crippen LogP contribution is 2.30. The van der Waals surface area contributed by atoms with Crippen LogP contribution in [0.15, 0.2) is 53.4 Å². The fourth-order valence-electron chi connectivity index (χ4n) is 2.65. The van der Waals surface area contributed by atoms with Gasteiger partial charge in [-0.3, -0.25) is 0 Å². The summed E-state index contributed by atoms with van der Waals surface area (Å²) in [6.45, 7) is 3.50. The van der Waals surface area contributed by atoms with Crippen molar-refractivity contribution in [2.75, 3.05) is 13.1 Å². The minimum Gasteiger partial charge on any atom is -0.357 e. The van der Waals surface area contributed by atoms with Gasteiger partial charge in [0.15, 0.2) is 11.7 Å². The Morgan fingerprint density at radius 2 is 2.03 bits per heavy atom. The Bertz CT molecular complexity index is 940. The molecule has 3 rings (SSSR count). The molecule has 0 saturated carbocycles. The Morgan fingerprint density at radius 1 is 1.23 bits per heavy atom. The normalized spacial score (nSPS) is 11.8. The van der Waals surface area contributed by atoms with E-state index in [1.165, 1.54) is 0 Å². The van der Waals surface area contributed by atoms with Gasteiger partial charge in [-0.05, 0) is 18.6 Å². The second kappa shape index (κ2) is 11.3. The average molecular weight is 550 g/mol. The molecule has 2 aromatic heterocycles. The van der Waals surface area contributed by atoms with Gasteiger partial charge in [0.25, 0.3) is 0 Å². The molecule has 0 amide bonds. The van der Waals surface area contributed by atoms with Crippen LogP contribution in [0.3, 0.4) is 0 Å². The molecular formula is C19H22F3IN6S. The zero-order chi connectivity index (χ0) is 20.7. The van der Waals surface area contributed by atoms with Gasteiger partial charge in [0.05, 0.1) is 23.6 Å². The van der Waals surface area contributed by atoms with Gasteiger partial charge < -0.3 is 15.2 Å². The quantitative estimate of drug-likeness (QED) is 0.262. The number of rotatable bonds is 7. The molecule has 0 aliphatic carbocycles. The number of alkyl halides is 3. The molecule has 3 aromatic rings. The van der Waals surface area contributed by atoms with Crippen LogP contribution in [0.25, 0.3) is 5.69 Å². The fraction of sp³-hybridized carbons (Fsp3) is 0.316. The van der Waals surface area contributed by atoms with Crippen molar-refractivity contribution >= 4 is 41.3 Å². The summed E-state index contributed by atoms with van der Waals surface area (Å²) in [5, 5.41) is 7.77. The number of imidazole rings is 1. The molecule has 11 heteroatoms. The van der Waals surface area contributed by atoms with Gasteiger partial charge in [-0.15, -0.1) is 35.3 Å². The van der Waals surface area contributed by atoms with E-state index in [-0.39, 0.29) is 24.0 Å². The summed E-state index contributed by atoms with van der Waals surface area (Å²) in [4.78, 5) is 12.3. The lowest BCUT2D eigenvalue weighted by atomic mass is 10.2. The second-order valence-electron chi connectivity index (χ2n) is 6.09. The molecule has 0 radical (unpaired) electrons. The first kappa shape index (κ1) is 24.1. The van der Waals surface area contributed by atoms with Crippen molar-refractivity contribution in [3.05, 3.63) is 64.6 Å². The van der Waals surface area contributed by atoms with Crippen molar-refractivity contribution in [3.8, 4) is 5.69 Å². The minimum atomic E-state index is -4.40. The van der Waals surface area contributed by atoms with E-state index in [4.69, 9.17) is 0 Å². The summed E-state index contributed by atoms with van der Waals surface area (Å²) in [6.07, 6.45) is 1.30. The van der Waals surface area contributed by atoms with E-state index in [0.717, 1.165) is 28.0 Å². The number of aromatic nitrogens is 3. The van der Waals surface area contributed by atoms with Gasteiger partial charge in [-0.25, -0.2) is 15.0 Å². The van der Waals surface area contributed by atoms with E-state index in [0.29, 0.717) is 37.0 Å². The summed E-state index contributed by atoms with van der Waals surface area (Å²) in [5.41, 5.74) is 1.18. The lowest BCUT2D eigenvalue weighted by Crippen LogP contribution is -2.38. The molecule has 0 bridgehead atoms. The van der Waals surface area contributed by atoms with Crippen LogP contribution in [-0.2, 0) is 19.1 Å². The number of hydrogen-bond donors (Lipinski definition) is 2. The molecule has 0 atom stereocenters. The topological polar surface area (TPSA) is 67.1 Å². The molecule has 6 nitrogen and oxygen atoms in total. The third-order valence-electron chi connectivity index (χ3n) is 4.00. The molecule has 1 aromatic carbocycles. The Morgan fingerprint density at radius 3 is 2.70 bits per heavy atom. The number of benzene rings is 1. The van der Waals surface area contributed by atoms with Crippen molar-refractivity contribution in [1.82, 2.24) is 25.2 Å². The maximum atomic E-state index is 12.6. The van der Waals surface area contributed by atoms with Crippen molar-refractivity contribution in [2.24, 2.45) is 4.99 Å². The highest BCUT2D eigenvalue weighted by Gasteiger charge is 2.33. The first-order valence-corrected chi connectivity index (χ1v) is 9.95. The molecule has 0 aliphatic heterocycles. The Hall–Kier alpha value is -2.15. The van der Waals surface area contributed by atoms with Crippen molar-refractivity contribution < 1.29 is 13.2 Å². The number of thiazole rings is 1. The number of halogens is 4. The highest BCUT2D eigenvalue weighted by molar-refractivity contribution is 14.0. The lowest BCUT2D eigenvalue weighted by Gasteiger charge is -2.12. The first-order valence-electron chi connectivity index (χ1n) is 9.07. The van der Waals surface area contributed by atoms with Gasteiger partial charge in [-0.2, -0.15) is 13.2 Å². The van der Waals surface area contributed by atoms with E-state index in [2.05, 4.69) is 25.6 Å². The van der Waals surface area contributed by atoms with Gasteiger partial charge in [-0.1, -0.05) is 18.2 Å². The SMILES string of the molecule is CCNC(=NCc1ccccc1-n1ccnc1)NCCc1nc(C(F)(F)F)cs1.I. The number of para-hydroxylation sites is 1. The van der Waals surface area contributed by atoms with Gasteiger partial charge in [0.1, 0.15) is 0 Å². The van der Waals surface area contributed by atoms with Crippen LogP contribution in [0.1, 0.15) is 23.2 Å². The Balaban J connectivity index is 0.00000320. The van der Waals surface area contributed by atoms with E-state index in [1.807, 2.05) is 42.0 Å². The van der Waals surface area contributed by atoms with Crippen LogP contribution in [0.5, 0.6) is 0 Å². The maximum absolute atomic E-state index is 12.6. The van der Waals surface area contributed by atoms with Gasteiger partial charge >= 0.3 is 6.18 Å². The third kappa shape index (κ3) is 6.69. The Labute approximate surface area is 193 Å². The van der Waals surface area contributed by atoms with E-state index < -0.39 is 11.9 Å². The van der Waals surface area contributed by atoms with E-state index >= 15 is 0 Å². The third-order valence-corrected chi connectivity index (χ3v) is 4.91. The van der Waals surface area contributed by atoms with Crippen LogP contribution < -0.4 is 10.6 Å².